The summed E-state index contributed by atoms with van der Waals surface area (Å²) in [7, 11) is -7.50. The molecule has 0 saturated heterocycles. The van der Waals surface area contributed by atoms with Gasteiger partial charge in [-0.25, -0.2) is 8.42 Å². The van der Waals surface area contributed by atoms with E-state index >= 15 is 0 Å². The van der Waals surface area contributed by atoms with Crippen LogP contribution in [0.1, 0.15) is 22.5 Å². The van der Waals surface area contributed by atoms with Crippen molar-refractivity contribution in [1.29, 1.82) is 5.26 Å². The van der Waals surface area contributed by atoms with Crippen molar-refractivity contribution in [1.82, 2.24) is 4.72 Å². The van der Waals surface area contributed by atoms with Gasteiger partial charge in [-0.1, -0.05) is 6.07 Å². The van der Waals surface area contributed by atoms with Gasteiger partial charge in [0.2, 0.25) is 5.09 Å². The van der Waals surface area contributed by atoms with Gasteiger partial charge in [-0.05, 0) is 23.8 Å². The molecule has 0 fully saturated rings. The second-order valence-electron chi connectivity index (χ2n) is 6.84. The number of sulfonamides is 1. The molecular formula is C19H16F3N2O8PS. The van der Waals surface area contributed by atoms with Crippen LogP contribution >= 0.6 is 7.60 Å². The second kappa shape index (κ2) is 8.94. The molecule has 182 valence electrons. The highest BCUT2D eigenvalue weighted by molar-refractivity contribution is 7.89. The van der Waals surface area contributed by atoms with Gasteiger partial charge in [-0.15, -0.1) is 0 Å². The fourth-order valence-electron chi connectivity index (χ4n) is 3.07. The lowest BCUT2D eigenvalue weighted by Crippen LogP contribution is -2.29. The third-order valence-corrected chi connectivity index (χ3v) is 7.20. The molecule has 0 amide bonds. The van der Waals surface area contributed by atoms with Crippen LogP contribution in [0.15, 0.2) is 45.9 Å². The quantitative estimate of drug-likeness (QED) is 0.396. The van der Waals surface area contributed by atoms with E-state index in [0.29, 0.717) is 12.1 Å². The van der Waals surface area contributed by atoms with Gasteiger partial charge in [0.1, 0.15) is 11.4 Å². The summed E-state index contributed by atoms with van der Waals surface area (Å²) in [6, 6.07) is 6.89. The third kappa shape index (κ3) is 5.03. The van der Waals surface area contributed by atoms with Crippen molar-refractivity contribution in [2.24, 2.45) is 0 Å². The standard InChI is InChI=1S/C19H16F3N2O8PS/c1-30-15-6-12-7-17(32-14(12)8-16(15)31-2)34(28,29)24-18(33(25,26)27)10-3-4-11(9-23)13(5-10)19(20,21)22/h3-8,18,24H,1-2H3,(H2,25,26,27). The first-order valence-electron chi connectivity index (χ1n) is 9.05. The topological polar surface area (TPSA) is 159 Å². The Morgan fingerprint density at radius 3 is 2.26 bits per heavy atom. The minimum absolute atomic E-state index is 0.0310. The molecule has 2 aromatic carbocycles. The maximum atomic E-state index is 13.3. The molecule has 1 atom stereocenters. The molecule has 0 aliphatic rings. The lowest BCUT2D eigenvalue weighted by atomic mass is 10.0. The Balaban J connectivity index is 2.09. The molecule has 0 aliphatic heterocycles. The van der Waals surface area contributed by atoms with Gasteiger partial charge in [-0.2, -0.15) is 23.2 Å². The number of methoxy groups -OCH3 is 2. The number of halogens is 3. The molecule has 1 unspecified atom stereocenters. The van der Waals surface area contributed by atoms with Crippen molar-refractivity contribution in [2.45, 2.75) is 17.1 Å². The van der Waals surface area contributed by atoms with Crippen LogP contribution in [0.4, 0.5) is 13.2 Å². The molecule has 0 saturated carbocycles. The van der Waals surface area contributed by atoms with Crippen LogP contribution < -0.4 is 14.2 Å². The monoisotopic (exact) mass is 520 g/mol. The molecule has 10 nitrogen and oxygen atoms in total. The predicted molar refractivity (Wildman–Crippen MR) is 111 cm³/mol. The molecule has 3 rings (SSSR count). The van der Waals surface area contributed by atoms with Crippen LogP contribution in [0.5, 0.6) is 11.5 Å². The number of ether oxygens (including phenoxy) is 2. The lowest BCUT2D eigenvalue weighted by molar-refractivity contribution is -0.137. The van der Waals surface area contributed by atoms with E-state index in [2.05, 4.69) is 0 Å². The number of benzene rings is 2. The number of furan rings is 1. The summed E-state index contributed by atoms with van der Waals surface area (Å²) in [6.45, 7) is 0. The zero-order chi connectivity index (χ0) is 25.5. The molecule has 34 heavy (non-hydrogen) atoms. The minimum atomic E-state index is -5.39. The molecule has 0 radical (unpaired) electrons. The summed E-state index contributed by atoms with van der Waals surface area (Å²) < 4.78 is 94.9. The Bertz CT molecular complexity index is 1400. The van der Waals surface area contributed by atoms with Crippen LogP contribution in [0, 0.1) is 11.3 Å². The van der Waals surface area contributed by atoms with Crippen molar-refractivity contribution in [3.8, 4) is 17.6 Å². The molecule has 1 aromatic heterocycles. The van der Waals surface area contributed by atoms with E-state index in [0.717, 1.165) is 12.1 Å². The highest BCUT2D eigenvalue weighted by Crippen LogP contribution is 2.51. The van der Waals surface area contributed by atoms with E-state index in [-0.39, 0.29) is 22.5 Å². The Morgan fingerprint density at radius 2 is 1.74 bits per heavy atom. The van der Waals surface area contributed by atoms with Crippen LogP contribution in [-0.2, 0) is 20.8 Å². The smallest absolute Gasteiger partial charge is 0.417 e. The molecule has 1 heterocycles. The Kier molecular flexibility index (Phi) is 6.71. The average Bonchev–Trinajstić information content (AvgIpc) is 3.18. The maximum absolute atomic E-state index is 13.3. The van der Waals surface area contributed by atoms with Crippen LogP contribution in [0.2, 0.25) is 0 Å². The number of nitriles is 1. The minimum Gasteiger partial charge on any atom is -0.493 e. The van der Waals surface area contributed by atoms with Gasteiger partial charge in [0, 0.05) is 17.5 Å². The number of nitrogens with one attached hydrogen (secondary N) is 1. The molecule has 3 aromatic rings. The van der Waals surface area contributed by atoms with E-state index in [4.69, 9.17) is 19.2 Å². The van der Waals surface area contributed by atoms with Gasteiger partial charge in [0.25, 0.3) is 10.0 Å². The number of rotatable bonds is 7. The van der Waals surface area contributed by atoms with E-state index in [1.807, 2.05) is 0 Å². The van der Waals surface area contributed by atoms with Crippen molar-refractivity contribution < 1.29 is 49.8 Å². The Morgan fingerprint density at radius 1 is 1.12 bits per heavy atom. The van der Waals surface area contributed by atoms with Gasteiger partial charge in [0.05, 0.1) is 31.4 Å². The first-order valence-corrected chi connectivity index (χ1v) is 12.2. The average molecular weight is 520 g/mol. The zero-order valence-electron chi connectivity index (χ0n) is 17.3. The maximum Gasteiger partial charge on any atom is 0.417 e. The number of alkyl halides is 3. The van der Waals surface area contributed by atoms with Crippen LogP contribution in [0.3, 0.4) is 0 Å². The second-order valence-corrected chi connectivity index (χ2v) is 10.2. The van der Waals surface area contributed by atoms with Crippen molar-refractivity contribution in [3.05, 3.63) is 53.1 Å². The summed E-state index contributed by atoms with van der Waals surface area (Å²) in [6.07, 6.45) is -5.03. The fourth-order valence-corrected chi connectivity index (χ4v) is 5.62. The first-order chi connectivity index (χ1) is 15.7. The molecule has 15 heteroatoms. The molecular weight excluding hydrogens is 504 g/mol. The predicted octanol–water partition coefficient (Wildman–Crippen LogP) is 3.50. The summed E-state index contributed by atoms with van der Waals surface area (Å²) in [5.41, 5.74) is -2.96. The number of nitrogens with zero attached hydrogens (tertiary/aromatic N) is 1. The van der Waals surface area contributed by atoms with E-state index in [1.54, 1.807) is 4.72 Å². The van der Waals surface area contributed by atoms with Crippen molar-refractivity contribution >= 4 is 28.6 Å². The van der Waals surface area contributed by atoms with Crippen molar-refractivity contribution in [2.75, 3.05) is 14.2 Å². The Hall–Kier alpha value is -3.08. The summed E-state index contributed by atoms with van der Waals surface area (Å²) in [4.78, 5) is 19.4. The Labute approximate surface area is 190 Å². The van der Waals surface area contributed by atoms with Gasteiger partial charge < -0.3 is 23.7 Å². The summed E-state index contributed by atoms with van der Waals surface area (Å²) in [5, 5.41) is 8.38. The highest BCUT2D eigenvalue weighted by Gasteiger charge is 2.39. The number of hydrogen-bond donors (Lipinski definition) is 3. The largest absolute Gasteiger partial charge is 0.493 e. The van der Waals surface area contributed by atoms with Crippen LogP contribution in [0.25, 0.3) is 11.0 Å². The van der Waals surface area contributed by atoms with Gasteiger partial charge in [0.15, 0.2) is 11.5 Å². The van der Waals surface area contributed by atoms with E-state index in [9.17, 15) is 35.9 Å². The van der Waals surface area contributed by atoms with E-state index in [1.165, 1.54) is 32.4 Å². The van der Waals surface area contributed by atoms with Gasteiger partial charge >= 0.3 is 13.8 Å². The van der Waals surface area contributed by atoms with Gasteiger partial charge in [-0.3, -0.25) is 4.57 Å². The zero-order valence-corrected chi connectivity index (χ0v) is 19.0. The summed E-state index contributed by atoms with van der Waals surface area (Å²) in [5.74, 6) is -1.94. The normalized spacial score (nSPS) is 13.5. The summed E-state index contributed by atoms with van der Waals surface area (Å²) >= 11 is 0. The first kappa shape index (κ1) is 25.5. The number of hydrogen-bond acceptors (Lipinski definition) is 7. The third-order valence-electron chi connectivity index (χ3n) is 4.65. The fraction of sp³-hybridized carbons (Fsp3) is 0.211. The van der Waals surface area contributed by atoms with E-state index < -0.39 is 51.4 Å². The van der Waals surface area contributed by atoms with Crippen molar-refractivity contribution in [3.63, 3.8) is 0 Å². The van der Waals surface area contributed by atoms with Crippen LogP contribution in [-0.4, -0.2) is 32.4 Å². The molecule has 0 spiro atoms. The number of fused-ring (bicyclic) bond motifs is 1. The highest BCUT2D eigenvalue weighted by atomic mass is 32.2. The molecule has 3 N–H and O–H groups in total. The molecule has 0 bridgehead atoms. The molecule has 0 aliphatic carbocycles. The SMILES string of the molecule is COc1cc2cc(S(=O)(=O)NC(c3ccc(C#N)c(C(F)(F)F)c3)P(=O)(O)O)oc2cc1OC. The lowest BCUT2D eigenvalue weighted by Gasteiger charge is -2.21.